The van der Waals surface area contributed by atoms with Gasteiger partial charge in [0, 0.05) is 0 Å². The molecule has 0 rings (SSSR count). The Balaban J connectivity index is 3.80. The molecule has 0 saturated heterocycles. The molecule has 73 valence electrons. The molecule has 0 fully saturated rings. The summed E-state index contributed by atoms with van der Waals surface area (Å²) in [5, 5.41) is 0. The van der Waals surface area contributed by atoms with Crippen molar-refractivity contribution in [2.75, 3.05) is 0 Å². The highest BCUT2D eigenvalue weighted by molar-refractivity contribution is 6.61. The fourth-order valence-corrected chi connectivity index (χ4v) is 7.37. The van der Waals surface area contributed by atoms with Crippen LogP contribution < -0.4 is 0 Å². The zero-order chi connectivity index (χ0) is 9.72. The maximum Gasteiger partial charge on any atom is 0.203 e. The summed E-state index contributed by atoms with van der Waals surface area (Å²) in [7, 11) is -0.754. The van der Waals surface area contributed by atoms with E-state index >= 15 is 0 Å². The van der Waals surface area contributed by atoms with Gasteiger partial charge in [0.1, 0.15) is 9.76 Å². The Morgan fingerprint density at radius 2 is 1.33 bits per heavy atom. The second kappa shape index (κ2) is 5.94. The first kappa shape index (κ1) is 12.4. The van der Waals surface area contributed by atoms with Gasteiger partial charge in [-0.05, 0) is 16.6 Å². The predicted molar refractivity (Wildman–Crippen MR) is 60.7 cm³/mol. The largest absolute Gasteiger partial charge is 0.460 e. The van der Waals surface area contributed by atoms with Crippen molar-refractivity contribution in [2.24, 2.45) is 0 Å². The third-order valence-corrected chi connectivity index (χ3v) is 6.66. The van der Waals surface area contributed by atoms with Crippen LogP contribution in [-0.4, -0.2) is 18.8 Å². The molecule has 0 aromatic rings. The third-order valence-electron chi connectivity index (χ3n) is 1.72. The molecular formula is C9H23OSi2. The average Bonchev–Trinajstić information content (AvgIpc) is 1.84. The summed E-state index contributed by atoms with van der Waals surface area (Å²) in [6.07, 6.45) is 0. The summed E-state index contributed by atoms with van der Waals surface area (Å²) in [6.45, 7) is 13.7. The molecule has 0 aliphatic heterocycles. The van der Waals surface area contributed by atoms with Gasteiger partial charge >= 0.3 is 0 Å². The van der Waals surface area contributed by atoms with Crippen LogP contribution in [0.25, 0.3) is 0 Å². The molecule has 0 bridgehead atoms. The second-order valence-electron chi connectivity index (χ2n) is 4.42. The van der Waals surface area contributed by atoms with E-state index in [1.54, 1.807) is 0 Å². The lowest BCUT2D eigenvalue weighted by Crippen LogP contribution is -2.28. The Kier molecular flexibility index (Phi) is 6.14. The van der Waals surface area contributed by atoms with Crippen molar-refractivity contribution in [1.82, 2.24) is 0 Å². The van der Waals surface area contributed by atoms with Crippen LogP contribution in [0.3, 0.4) is 0 Å². The molecule has 3 heteroatoms. The van der Waals surface area contributed by atoms with Gasteiger partial charge < -0.3 is 4.12 Å². The highest BCUT2D eigenvalue weighted by atomic mass is 28.3. The van der Waals surface area contributed by atoms with E-state index in [0.29, 0.717) is 0 Å². The van der Waals surface area contributed by atoms with Crippen molar-refractivity contribution in [3.8, 4) is 0 Å². The Bertz CT molecular complexity index is 105. The number of hydrogen-bond donors (Lipinski definition) is 0. The van der Waals surface area contributed by atoms with Crippen molar-refractivity contribution in [2.45, 2.75) is 58.2 Å². The molecule has 0 heterocycles. The Morgan fingerprint density at radius 3 is 1.58 bits per heavy atom. The van der Waals surface area contributed by atoms with Crippen molar-refractivity contribution in [3.63, 3.8) is 0 Å². The van der Waals surface area contributed by atoms with Gasteiger partial charge in [0.05, 0.1) is 0 Å². The van der Waals surface area contributed by atoms with Crippen LogP contribution in [0.2, 0.25) is 16.6 Å². The van der Waals surface area contributed by atoms with E-state index in [4.69, 9.17) is 4.12 Å². The van der Waals surface area contributed by atoms with Crippen LogP contribution >= 0.6 is 0 Å². The normalized spacial score (nSPS) is 13.5. The maximum absolute atomic E-state index is 6.07. The van der Waals surface area contributed by atoms with Crippen molar-refractivity contribution in [3.05, 3.63) is 0 Å². The molecule has 1 nitrogen and oxygen atoms in total. The Morgan fingerprint density at radius 1 is 0.917 bits per heavy atom. The Labute approximate surface area is 81.6 Å². The van der Waals surface area contributed by atoms with E-state index in [9.17, 15) is 0 Å². The van der Waals surface area contributed by atoms with Crippen LogP contribution in [0.15, 0.2) is 0 Å². The van der Waals surface area contributed by atoms with E-state index < -0.39 is 9.04 Å². The molecule has 12 heavy (non-hydrogen) atoms. The summed E-state index contributed by atoms with van der Waals surface area (Å²) < 4.78 is 6.07. The van der Waals surface area contributed by atoms with Crippen LogP contribution in [0.1, 0.15) is 41.5 Å². The van der Waals surface area contributed by atoms with Crippen molar-refractivity contribution >= 4 is 18.8 Å². The molecule has 0 aromatic heterocycles. The lowest BCUT2D eigenvalue weighted by atomic mass is 10.5. The van der Waals surface area contributed by atoms with Gasteiger partial charge in [-0.15, -0.1) is 0 Å². The van der Waals surface area contributed by atoms with Gasteiger partial charge in [-0.3, -0.25) is 0 Å². The first-order valence-electron chi connectivity index (χ1n) is 4.94. The standard InChI is InChI=1S/C9H23OSi2/c1-7(2)11-10-12(8(3)4)9(5)6/h7-9H,11H2,1-6H3. The van der Waals surface area contributed by atoms with Crippen LogP contribution in [0, 0.1) is 0 Å². The molecule has 0 unspecified atom stereocenters. The van der Waals surface area contributed by atoms with Gasteiger partial charge in [0.25, 0.3) is 0 Å². The smallest absolute Gasteiger partial charge is 0.203 e. The zero-order valence-electron chi connectivity index (χ0n) is 9.35. The van der Waals surface area contributed by atoms with Crippen LogP contribution in [-0.2, 0) is 4.12 Å². The Hall–Kier alpha value is 0.394. The van der Waals surface area contributed by atoms with E-state index in [2.05, 4.69) is 41.5 Å². The summed E-state index contributed by atoms with van der Waals surface area (Å²) in [5.41, 5.74) is 2.34. The first-order valence-corrected chi connectivity index (χ1v) is 7.90. The van der Waals surface area contributed by atoms with Crippen LogP contribution in [0.5, 0.6) is 0 Å². The molecule has 1 radical (unpaired) electrons. The lowest BCUT2D eigenvalue weighted by molar-refractivity contribution is 0.558. The highest BCUT2D eigenvalue weighted by Gasteiger charge is 2.21. The maximum atomic E-state index is 6.07. The van der Waals surface area contributed by atoms with Gasteiger partial charge in [-0.2, -0.15) is 0 Å². The summed E-state index contributed by atoms with van der Waals surface area (Å²) in [4.78, 5) is 0. The minimum atomic E-state index is -0.512. The van der Waals surface area contributed by atoms with Gasteiger partial charge in [0.2, 0.25) is 9.04 Å². The molecule has 0 spiro atoms. The average molecular weight is 203 g/mol. The second-order valence-corrected chi connectivity index (χ2v) is 10.7. The molecule has 0 aliphatic rings. The van der Waals surface area contributed by atoms with Crippen molar-refractivity contribution < 1.29 is 4.12 Å². The van der Waals surface area contributed by atoms with E-state index in [1.165, 1.54) is 0 Å². The van der Waals surface area contributed by atoms with Gasteiger partial charge in [-0.1, -0.05) is 41.5 Å². The molecule has 0 N–H and O–H groups in total. The zero-order valence-corrected chi connectivity index (χ0v) is 11.8. The number of rotatable bonds is 5. The number of hydrogen-bond acceptors (Lipinski definition) is 1. The monoisotopic (exact) mass is 203 g/mol. The molecule has 0 saturated carbocycles. The van der Waals surface area contributed by atoms with Crippen molar-refractivity contribution in [1.29, 1.82) is 0 Å². The molecule has 0 aromatic carbocycles. The molecule has 0 amide bonds. The summed E-state index contributed by atoms with van der Waals surface area (Å²) >= 11 is 0. The third kappa shape index (κ3) is 5.11. The summed E-state index contributed by atoms with van der Waals surface area (Å²) in [5.74, 6) is 0. The predicted octanol–water partition coefficient (Wildman–Crippen LogP) is 2.73. The first-order chi connectivity index (χ1) is 5.45. The summed E-state index contributed by atoms with van der Waals surface area (Å²) in [6, 6.07) is 0. The fourth-order valence-electron chi connectivity index (χ4n) is 1.26. The minimum absolute atomic E-state index is 0.242. The van der Waals surface area contributed by atoms with Crippen LogP contribution in [0.4, 0.5) is 0 Å². The minimum Gasteiger partial charge on any atom is -0.460 e. The van der Waals surface area contributed by atoms with Gasteiger partial charge in [-0.25, -0.2) is 0 Å². The fraction of sp³-hybridized carbons (Fsp3) is 1.00. The van der Waals surface area contributed by atoms with Gasteiger partial charge in [0.15, 0.2) is 0 Å². The lowest BCUT2D eigenvalue weighted by Gasteiger charge is -2.23. The molecule has 0 atom stereocenters. The highest BCUT2D eigenvalue weighted by Crippen LogP contribution is 2.21. The van der Waals surface area contributed by atoms with E-state index in [1.807, 2.05) is 0 Å². The topological polar surface area (TPSA) is 9.23 Å². The SMILES string of the molecule is CC(C)[SiH2]O[Si](C(C)C)C(C)C. The quantitative estimate of drug-likeness (QED) is 0.624. The molecule has 0 aliphatic carbocycles. The van der Waals surface area contributed by atoms with E-state index in [-0.39, 0.29) is 9.76 Å². The molecular weight excluding hydrogens is 180 g/mol. The van der Waals surface area contributed by atoms with E-state index in [0.717, 1.165) is 16.6 Å².